The number of amides is 2. The second-order valence-corrected chi connectivity index (χ2v) is 6.76. The van der Waals surface area contributed by atoms with Crippen LogP contribution in [0.3, 0.4) is 0 Å². The summed E-state index contributed by atoms with van der Waals surface area (Å²) in [6.07, 6.45) is 2.66. The van der Waals surface area contributed by atoms with Crippen molar-refractivity contribution in [2.45, 2.75) is 25.3 Å². The Balaban J connectivity index is 1.99. The monoisotopic (exact) mass is 364 g/mol. The maximum atomic E-state index is 11.9. The Morgan fingerprint density at radius 1 is 1.53 bits per heavy atom. The summed E-state index contributed by atoms with van der Waals surface area (Å²) in [5, 5.41) is 7.41. The number of carbonyl (C=O) groups is 2. The number of thiophene rings is 1. The third kappa shape index (κ3) is 3.41. The van der Waals surface area contributed by atoms with Gasteiger partial charge in [-0.2, -0.15) is 0 Å². The van der Waals surface area contributed by atoms with Crippen LogP contribution in [0.4, 0.5) is 0 Å². The molecule has 1 atom stereocenters. The van der Waals surface area contributed by atoms with Crippen molar-refractivity contribution in [3.63, 3.8) is 0 Å². The molecule has 1 unspecified atom stereocenters. The molecule has 0 saturated carbocycles. The lowest BCUT2D eigenvalue weighted by Crippen LogP contribution is -2.45. The molecule has 0 spiro atoms. The molecule has 1 aliphatic rings. The molecular formula is C11H13IN2O2S. The smallest absolute Gasteiger partial charge is 0.252 e. The van der Waals surface area contributed by atoms with Crippen LogP contribution in [-0.4, -0.2) is 24.4 Å². The van der Waals surface area contributed by atoms with Gasteiger partial charge in [-0.3, -0.25) is 9.59 Å². The molecule has 17 heavy (non-hydrogen) atoms. The highest BCUT2D eigenvalue weighted by Crippen LogP contribution is 2.17. The van der Waals surface area contributed by atoms with Crippen molar-refractivity contribution < 1.29 is 9.59 Å². The highest BCUT2D eigenvalue weighted by molar-refractivity contribution is 14.1. The summed E-state index contributed by atoms with van der Waals surface area (Å²) in [7, 11) is 0. The van der Waals surface area contributed by atoms with E-state index in [1.54, 1.807) is 0 Å². The van der Waals surface area contributed by atoms with Gasteiger partial charge >= 0.3 is 0 Å². The Morgan fingerprint density at radius 3 is 3.06 bits per heavy atom. The van der Waals surface area contributed by atoms with Crippen molar-refractivity contribution in [3.05, 3.63) is 19.9 Å². The molecule has 0 radical (unpaired) electrons. The van der Waals surface area contributed by atoms with Crippen LogP contribution in [0.5, 0.6) is 0 Å². The Bertz CT molecular complexity index is 433. The fourth-order valence-corrected chi connectivity index (χ4v) is 3.07. The maximum Gasteiger partial charge on any atom is 0.252 e. The van der Waals surface area contributed by atoms with Gasteiger partial charge in [-0.25, -0.2) is 0 Å². The highest BCUT2D eigenvalue weighted by atomic mass is 127. The van der Waals surface area contributed by atoms with E-state index < -0.39 is 0 Å². The molecule has 6 heteroatoms. The lowest BCUT2D eigenvalue weighted by atomic mass is 10.1. The largest absolute Gasteiger partial charge is 0.354 e. The van der Waals surface area contributed by atoms with E-state index in [4.69, 9.17) is 0 Å². The van der Waals surface area contributed by atoms with Gasteiger partial charge < -0.3 is 10.6 Å². The topological polar surface area (TPSA) is 58.2 Å². The zero-order chi connectivity index (χ0) is 12.3. The van der Waals surface area contributed by atoms with E-state index in [-0.39, 0.29) is 17.9 Å². The van der Waals surface area contributed by atoms with Crippen molar-refractivity contribution in [1.82, 2.24) is 10.6 Å². The minimum absolute atomic E-state index is 0.0687. The van der Waals surface area contributed by atoms with E-state index in [2.05, 4.69) is 33.2 Å². The van der Waals surface area contributed by atoms with E-state index in [9.17, 15) is 9.59 Å². The van der Waals surface area contributed by atoms with Crippen molar-refractivity contribution in [2.75, 3.05) is 6.54 Å². The van der Waals surface area contributed by atoms with Crippen molar-refractivity contribution >= 4 is 45.7 Å². The summed E-state index contributed by atoms with van der Waals surface area (Å²) in [5.74, 6) is -0.230. The predicted octanol–water partition coefficient (Wildman–Crippen LogP) is 1.75. The molecule has 1 saturated heterocycles. The Kier molecular flexibility index (Phi) is 4.38. The number of hydrogen-bond acceptors (Lipinski definition) is 3. The zero-order valence-corrected chi connectivity index (χ0v) is 12.1. The molecule has 2 N–H and O–H groups in total. The number of nitrogens with one attached hydrogen (secondary N) is 2. The molecule has 1 fully saturated rings. The molecule has 2 rings (SSSR count). The third-order valence-corrected chi connectivity index (χ3v) is 4.46. The molecule has 0 aromatic carbocycles. The predicted molar refractivity (Wildman–Crippen MR) is 75.2 cm³/mol. The van der Waals surface area contributed by atoms with Crippen LogP contribution in [0.1, 0.15) is 29.6 Å². The molecule has 1 aliphatic heterocycles. The van der Waals surface area contributed by atoms with Gasteiger partial charge in [0.25, 0.3) is 5.91 Å². The summed E-state index contributed by atoms with van der Waals surface area (Å²) in [5.41, 5.74) is 0.636. The molecule has 0 bridgehead atoms. The van der Waals surface area contributed by atoms with Gasteiger partial charge in [0.2, 0.25) is 5.91 Å². The summed E-state index contributed by atoms with van der Waals surface area (Å²) >= 11 is 3.70. The van der Waals surface area contributed by atoms with Gasteiger partial charge in [-0.15, -0.1) is 11.3 Å². The average molecular weight is 364 g/mol. The summed E-state index contributed by atoms with van der Waals surface area (Å²) in [6.45, 7) is 0.710. The van der Waals surface area contributed by atoms with E-state index >= 15 is 0 Å². The maximum absolute atomic E-state index is 11.9. The first-order valence-electron chi connectivity index (χ1n) is 5.49. The standard InChI is InChI=1S/C11H13IN2O2S/c12-9-5-7(6-17-9)10(15)14-8-3-1-2-4-13-11(8)16/h5-6,8H,1-4H2,(H,13,16)(H,14,15). The highest BCUT2D eigenvalue weighted by Gasteiger charge is 2.23. The molecule has 1 aromatic heterocycles. The van der Waals surface area contributed by atoms with Crippen molar-refractivity contribution in [3.8, 4) is 0 Å². The lowest BCUT2D eigenvalue weighted by Gasteiger charge is -2.14. The van der Waals surface area contributed by atoms with E-state index in [1.807, 2.05) is 11.4 Å². The summed E-state index contributed by atoms with van der Waals surface area (Å²) in [4.78, 5) is 23.6. The quantitative estimate of drug-likeness (QED) is 0.786. The molecule has 0 aliphatic carbocycles. The van der Waals surface area contributed by atoms with Gasteiger partial charge in [0.05, 0.1) is 8.45 Å². The van der Waals surface area contributed by atoms with Gasteiger partial charge in [0.15, 0.2) is 0 Å². The van der Waals surface area contributed by atoms with Gasteiger partial charge in [0, 0.05) is 11.9 Å². The first-order chi connectivity index (χ1) is 8.16. The summed E-state index contributed by atoms with van der Waals surface area (Å²) in [6, 6.07) is 1.44. The Labute approximate surface area is 117 Å². The van der Waals surface area contributed by atoms with Crippen LogP contribution in [0.2, 0.25) is 0 Å². The van der Waals surface area contributed by atoms with Crippen LogP contribution >= 0.6 is 33.9 Å². The average Bonchev–Trinajstić information content (AvgIpc) is 2.63. The van der Waals surface area contributed by atoms with Crippen LogP contribution < -0.4 is 10.6 Å². The van der Waals surface area contributed by atoms with Gasteiger partial charge in [0.1, 0.15) is 6.04 Å². The van der Waals surface area contributed by atoms with Crippen LogP contribution in [0.25, 0.3) is 0 Å². The van der Waals surface area contributed by atoms with Gasteiger partial charge in [-0.1, -0.05) is 0 Å². The van der Waals surface area contributed by atoms with E-state index in [0.29, 0.717) is 12.1 Å². The second kappa shape index (κ2) is 5.81. The Hall–Kier alpha value is -0.630. The van der Waals surface area contributed by atoms with Crippen LogP contribution in [0.15, 0.2) is 11.4 Å². The minimum atomic E-state index is -0.387. The molecule has 2 heterocycles. The fraction of sp³-hybridized carbons (Fsp3) is 0.455. The number of halogens is 1. The molecular weight excluding hydrogens is 351 g/mol. The van der Waals surface area contributed by atoms with E-state index in [1.165, 1.54) is 11.3 Å². The van der Waals surface area contributed by atoms with Gasteiger partial charge in [-0.05, 0) is 47.9 Å². The number of rotatable bonds is 2. The fourth-order valence-electron chi connectivity index (χ4n) is 1.75. The Morgan fingerprint density at radius 2 is 2.35 bits per heavy atom. The first-order valence-corrected chi connectivity index (χ1v) is 7.45. The summed E-state index contributed by atoms with van der Waals surface area (Å²) < 4.78 is 1.07. The minimum Gasteiger partial charge on any atom is -0.354 e. The number of hydrogen-bond donors (Lipinski definition) is 2. The third-order valence-electron chi connectivity index (χ3n) is 2.67. The first kappa shape index (κ1) is 12.8. The zero-order valence-electron chi connectivity index (χ0n) is 9.16. The van der Waals surface area contributed by atoms with Crippen molar-refractivity contribution in [1.29, 1.82) is 0 Å². The lowest BCUT2D eigenvalue weighted by molar-refractivity contribution is -0.122. The van der Waals surface area contributed by atoms with Crippen LogP contribution in [0, 0.1) is 2.88 Å². The number of carbonyl (C=O) groups excluding carboxylic acids is 2. The molecule has 92 valence electrons. The van der Waals surface area contributed by atoms with Crippen LogP contribution in [-0.2, 0) is 4.79 Å². The van der Waals surface area contributed by atoms with Crippen molar-refractivity contribution in [2.24, 2.45) is 0 Å². The normalized spacial score (nSPS) is 20.5. The van der Waals surface area contributed by atoms with E-state index in [0.717, 1.165) is 22.1 Å². The molecule has 1 aromatic rings. The SMILES string of the molecule is O=C(NC1CCCCNC1=O)c1csc(I)c1. The molecule has 2 amide bonds. The molecule has 4 nitrogen and oxygen atoms in total. The second-order valence-electron chi connectivity index (χ2n) is 3.95.